The lowest BCUT2D eigenvalue weighted by Crippen LogP contribution is -2.49. The van der Waals surface area contributed by atoms with Crippen LogP contribution in [-0.4, -0.2) is 28.1 Å². The summed E-state index contributed by atoms with van der Waals surface area (Å²) in [6.45, 7) is 0.390. The van der Waals surface area contributed by atoms with Crippen molar-refractivity contribution in [2.75, 3.05) is 11.4 Å². The van der Waals surface area contributed by atoms with E-state index < -0.39 is 0 Å². The Balaban J connectivity index is 2.03. The molecule has 0 saturated carbocycles. The largest absolute Gasteiger partial charge is 0.328 e. The van der Waals surface area contributed by atoms with Crippen molar-refractivity contribution < 1.29 is 9.59 Å². The molecule has 92 valence electrons. The third kappa shape index (κ3) is 1.76. The van der Waals surface area contributed by atoms with E-state index in [1.165, 1.54) is 0 Å². The summed E-state index contributed by atoms with van der Waals surface area (Å²) in [6, 6.07) is 5.12. The van der Waals surface area contributed by atoms with Crippen LogP contribution in [0.1, 0.15) is 6.42 Å². The molecule has 1 saturated heterocycles. The number of fused-ring (bicyclic) bond motifs is 1. The van der Waals surface area contributed by atoms with Crippen molar-refractivity contribution in [1.29, 1.82) is 0 Å². The summed E-state index contributed by atoms with van der Waals surface area (Å²) < 4.78 is 2.47. The number of nitrogens with one attached hydrogen (secondary N) is 1. The summed E-state index contributed by atoms with van der Waals surface area (Å²) in [6.07, 6.45) is 2.00. The van der Waals surface area contributed by atoms with E-state index in [4.69, 9.17) is 0 Å². The smallest absolute Gasteiger partial charge is 0.293 e. The number of aromatic nitrogens is 2. The molecule has 3 heterocycles. The number of anilines is 1. The lowest BCUT2D eigenvalue weighted by molar-refractivity contribution is -0.120. The van der Waals surface area contributed by atoms with Gasteiger partial charge in [-0.3, -0.25) is 15.0 Å². The highest BCUT2D eigenvalue weighted by Crippen LogP contribution is 2.24. The molecule has 2 aromatic heterocycles. The zero-order chi connectivity index (χ0) is 12.7. The molecular formula is C11H9BrN4O2. The third-order valence-corrected chi connectivity index (χ3v) is 3.37. The highest BCUT2D eigenvalue weighted by Gasteiger charge is 2.24. The van der Waals surface area contributed by atoms with Gasteiger partial charge in [-0.15, -0.1) is 0 Å². The highest BCUT2D eigenvalue weighted by atomic mass is 79.9. The van der Waals surface area contributed by atoms with Gasteiger partial charge in [-0.2, -0.15) is 5.10 Å². The van der Waals surface area contributed by atoms with E-state index >= 15 is 0 Å². The Morgan fingerprint density at radius 3 is 2.94 bits per heavy atom. The number of hydrogen-bond donors (Lipinski definition) is 1. The first-order valence-corrected chi connectivity index (χ1v) is 6.19. The molecule has 0 atom stereocenters. The van der Waals surface area contributed by atoms with Gasteiger partial charge in [-0.1, -0.05) is 0 Å². The molecule has 3 amide bonds. The third-order valence-electron chi connectivity index (χ3n) is 2.80. The van der Waals surface area contributed by atoms with Gasteiger partial charge >= 0.3 is 6.03 Å². The quantitative estimate of drug-likeness (QED) is 0.813. The fourth-order valence-electron chi connectivity index (χ4n) is 1.94. The van der Waals surface area contributed by atoms with Crippen LogP contribution in [0, 0.1) is 0 Å². The number of urea groups is 1. The van der Waals surface area contributed by atoms with Gasteiger partial charge in [-0.25, -0.2) is 9.31 Å². The lowest BCUT2D eigenvalue weighted by atomic mass is 10.2. The van der Waals surface area contributed by atoms with Gasteiger partial charge in [0.1, 0.15) is 4.60 Å². The number of nitrogens with zero attached hydrogens (tertiary/aromatic N) is 3. The van der Waals surface area contributed by atoms with Gasteiger partial charge in [0.25, 0.3) is 0 Å². The van der Waals surface area contributed by atoms with Crippen LogP contribution < -0.4 is 10.2 Å². The topological polar surface area (TPSA) is 66.7 Å². The fourth-order valence-corrected chi connectivity index (χ4v) is 2.47. The second-order valence-corrected chi connectivity index (χ2v) is 4.77. The van der Waals surface area contributed by atoms with Crippen molar-refractivity contribution in [2.45, 2.75) is 6.42 Å². The molecule has 18 heavy (non-hydrogen) atoms. The summed E-state index contributed by atoms with van der Waals surface area (Å²) >= 11 is 3.40. The Hall–Kier alpha value is -1.89. The molecule has 0 aromatic carbocycles. The van der Waals surface area contributed by atoms with Crippen molar-refractivity contribution >= 4 is 39.1 Å². The van der Waals surface area contributed by atoms with Crippen LogP contribution >= 0.6 is 15.9 Å². The van der Waals surface area contributed by atoms with E-state index in [1.54, 1.807) is 21.7 Å². The van der Waals surface area contributed by atoms with E-state index in [-0.39, 0.29) is 11.9 Å². The van der Waals surface area contributed by atoms with Gasteiger partial charge in [0, 0.05) is 13.0 Å². The van der Waals surface area contributed by atoms with E-state index in [0.29, 0.717) is 13.0 Å². The number of carbonyl (C=O) groups is 2. The van der Waals surface area contributed by atoms with Crippen molar-refractivity contribution in [3.05, 3.63) is 29.0 Å². The molecule has 0 radical (unpaired) electrons. The highest BCUT2D eigenvalue weighted by molar-refractivity contribution is 9.10. The van der Waals surface area contributed by atoms with Crippen LogP contribution in [0.5, 0.6) is 0 Å². The van der Waals surface area contributed by atoms with Crippen LogP contribution in [0.2, 0.25) is 0 Å². The monoisotopic (exact) mass is 308 g/mol. The molecule has 1 N–H and O–H groups in total. The molecule has 1 fully saturated rings. The van der Waals surface area contributed by atoms with Gasteiger partial charge in [-0.05, 0) is 34.1 Å². The summed E-state index contributed by atoms with van der Waals surface area (Å²) in [5, 5.41) is 6.43. The standard InChI is InChI=1S/C11H9BrN4O2/c12-9-6-8(5-7-1-3-13-16(7)9)15-4-2-10(17)14-11(15)18/h1,3,5-6H,2,4H2,(H,14,17,18). The lowest BCUT2D eigenvalue weighted by Gasteiger charge is -2.26. The Bertz CT molecular complexity index is 652. The minimum Gasteiger partial charge on any atom is -0.293 e. The normalized spacial score (nSPS) is 16.2. The molecule has 1 aliphatic heterocycles. The summed E-state index contributed by atoms with van der Waals surface area (Å²) in [5.41, 5.74) is 1.61. The molecule has 2 aromatic rings. The average Bonchev–Trinajstić information content (AvgIpc) is 2.77. The molecule has 0 bridgehead atoms. The molecule has 0 spiro atoms. The number of halogens is 1. The zero-order valence-corrected chi connectivity index (χ0v) is 10.8. The Kier molecular flexibility index (Phi) is 2.55. The van der Waals surface area contributed by atoms with Gasteiger partial charge in [0.05, 0.1) is 17.4 Å². The van der Waals surface area contributed by atoms with Crippen molar-refractivity contribution in [3.8, 4) is 0 Å². The SMILES string of the molecule is O=C1CCN(c2cc(Br)n3nccc3c2)C(=O)N1. The number of hydrogen-bond acceptors (Lipinski definition) is 3. The van der Waals surface area contributed by atoms with Crippen molar-refractivity contribution in [1.82, 2.24) is 14.9 Å². The zero-order valence-electron chi connectivity index (χ0n) is 9.26. The minimum atomic E-state index is -0.387. The van der Waals surface area contributed by atoms with Crippen LogP contribution in [-0.2, 0) is 4.79 Å². The molecule has 6 nitrogen and oxygen atoms in total. The first-order chi connectivity index (χ1) is 8.65. The van der Waals surface area contributed by atoms with E-state index in [0.717, 1.165) is 15.8 Å². The number of imide groups is 1. The van der Waals surface area contributed by atoms with Crippen molar-refractivity contribution in [2.24, 2.45) is 0 Å². The van der Waals surface area contributed by atoms with Gasteiger partial charge < -0.3 is 0 Å². The summed E-state index contributed by atoms with van der Waals surface area (Å²) in [7, 11) is 0. The second kappa shape index (κ2) is 4.09. The fraction of sp³-hybridized carbons (Fsp3) is 0.182. The van der Waals surface area contributed by atoms with Gasteiger partial charge in [0.2, 0.25) is 5.91 Å². The number of pyridine rings is 1. The molecule has 0 unspecified atom stereocenters. The predicted molar refractivity (Wildman–Crippen MR) is 68.4 cm³/mol. The predicted octanol–water partition coefficient (Wildman–Crippen LogP) is 1.54. The first kappa shape index (κ1) is 11.2. The number of amides is 3. The van der Waals surface area contributed by atoms with Crippen LogP contribution in [0.25, 0.3) is 5.52 Å². The van der Waals surface area contributed by atoms with Crippen LogP contribution in [0.15, 0.2) is 29.0 Å². The molecule has 3 rings (SSSR count). The summed E-state index contributed by atoms with van der Waals surface area (Å²) in [4.78, 5) is 24.4. The van der Waals surface area contributed by atoms with Crippen LogP contribution in [0.4, 0.5) is 10.5 Å². The Morgan fingerprint density at radius 2 is 2.17 bits per heavy atom. The maximum atomic E-state index is 11.7. The Labute approximate surface area is 111 Å². The van der Waals surface area contributed by atoms with Crippen LogP contribution in [0.3, 0.4) is 0 Å². The number of rotatable bonds is 1. The van der Waals surface area contributed by atoms with E-state index in [9.17, 15) is 9.59 Å². The minimum absolute atomic E-state index is 0.235. The average molecular weight is 309 g/mol. The molecule has 1 aliphatic rings. The van der Waals surface area contributed by atoms with E-state index in [2.05, 4.69) is 26.3 Å². The molecule has 0 aliphatic carbocycles. The van der Waals surface area contributed by atoms with E-state index in [1.807, 2.05) is 12.1 Å². The Morgan fingerprint density at radius 1 is 1.33 bits per heavy atom. The second-order valence-electron chi connectivity index (χ2n) is 3.96. The number of carbonyl (C=O) groups excluding carboxylic acids is 2. The first-order valence-electron chi connectivity index (χ1n) is 5.40. The summed E-state index contributed by atoms with van der Waals surface area (Å²) in [5.74, 6) is -0.235. The maximum absolute atomic E-state index is 11.7. The molecule has 7 heteroatoms. The van der Waals surface area contributed by atoms with Crippen molar-refractivity contribution in [3.63, 3.8) is 0 Å². The van der Waals surface area contributed by atoms with Gasteiger partial charge in [0.15, 0.2) is 0 Å². The molecular weight excluding hydrogens is 300 g/mol. The maximum Gasteiger partial charge on any atom is 0.328 e.